The number of hydrogen-bond donors (Lipinski definition) is 3. The van der Waals surface area contributed by atoms with E-state index in [2.05, 4.69) is 5.32 Å². The Balaban J connectivity index is 1.99. The highest BCUT2D eigenvalue weighted by atomic mass is 32.2. The van der Waals surface area contributed by atoms with E-state index in [0.29, 0.717) is 29.9 Å². The summed E-state index contributed by atoms with van der Waals surface area (Å²) >= 11 is 0. The minimum atomic E-state index is -0.751. The highest BCUT2D eigenvalue weighted by Gasteiger charge is 2.20. The molecule has 6 heteroatoms. The van der Waals surface area contributed by atoms with Gasteiger partial charge in [-0.05, 0) is 31.0 Å². The van der Waals surface area contributed by atoms with E-state index in [1.54, 1.807) is 0 Å². The van der Waals surface area contributed by atoms with Gasteiger partial charge < -0.3 is 15.5 Å². The van der Waals surface area contributed by atoms with Gasteiger partial charge in [0.2, 0.25) is 0 Å². The summed E-state index contributed by atoms with van der Waals surface area (Å²) in [7, 11) is -0.751. The second kappa shape index (κ2) is 5.39. The molecule has 1 aliphatic rings. The lowest BCUT2D eigenvalue weighted by molar-refractivity contribution is 0.0934. The van der Waals surface area contributed by atoms with Gasteiger partial charge in [0.25, 0.3) is 5.91 Å². The number of nitrogens with one attached hydrogen (secondary N) is 1. The smallest absolute Gasteiger partial charge is 0.251 e. The van der Waals surface area contributed by atoms with Crippen molar-refractivity contribution in [2.75, 3.05) is 11.5 Å². The van der Waals surface area contributed by atoms with E-state index in [0.717, 1.165) is 0 Å². The minimum absolute atomic E-state index is 0.0335. The quantitative estimate of drug-likeness (QED) is 0.691. The molecule has 1 aromatic rings. The van der Waals surface area contributed by atoms with Crippen molar-refractivity contribution >= 4 is 16.7 Å². The minimum Gasteiger partial charge on any atom is -0.504 e. The average Bonchev–Trinajstić information content (AvgIpc) is 2.35. The van der Waals surface area contributed by atoms with Crippen molar-refractivity contribution in [1.82, 2.24) is 5.32 Å². The van der Waals surface area contributed by atoms with Crippen LogP contribution in [0.1, 0.15) is 23.2 Å². The second-order valence-corrected chi connectivity index (χ2v) is 6.00. The lowest BCUT2D eigenvalue weighted by Gasteiger charge is -2.22. The molecule has 0 atom stereocenters. The maximum atomic E-state index is 11.9. The lowest BCUT2D eigenvalue weighted by atomic mass is 10.1. The number of rotatable bonds is 2. The van der Waals surface area contributed by atoms with Crippen LogP contribution in [0.2, 0.25) is 0 Å². The molecule has 3 N–H and O–H groups in total. The molecule has 2 rings (SSSR count). The SMILES string of the molecule is O=C(NC1CCS(=O)CC1)c1ccc(O)c(O)c1. The van der Waals surface area contributed by atoms with E-state index in [1.165, 1.54) is 18.2 Å². The fraction of sp³-hybridized carbons (Fsp3) is 0.417. The van der Waals surface area contributed by atoms with Gasteiger partial charge in [0.05, 0.1) is 0 Å². The fourth-order valence-electron chi connectivity index (χ4n) is 1.87. The molecule has 1 aromatic carbocycles. The maximum absolute atomic E-state index is 11.9. The van der Waals surface area contributed by atoms with Crippen LogP contribution in [0.25, 0.3) is 0 Å². The van der Waals surface area contributed by atoms with Crippen molar-refractivity contribution in [2.24, 2.45) is 0 Å². The average molecular weight is 269 g/mol. The van der Waals surface area contributed by atoms with Crippen LogP contribution in [0.5, 0.6) is 11.5 Å². The van der Waals surface area contributed by atoms with Gasteiger partial charge in [0, 0.05) is 33.9 Å². The van der Waals surface area contributed by atoms with Gasteiger partial charge in [-0.2, -0.15) is 0 Å². The highest BCUT2D eigenvalue weighted by molar-refractivity contribution is 7.85. The topological polar surface area (TPSA) is 86.6 Å². The molecule has 1 heterocycles. The summed E-state index contributed by atoms with van der Waals surface area (Å²) in [6.45, 7) is 0. The first-order valence-corrected chi connectivity index (χ1v) is 7.23. The van der Waals surface area contributed by atoms with Crippen LogP contribution < -0.4 is 5.32 Å². The van der Waals surface area contributed by atoms with E-state index in [-0.39, 0.29) is 23.4 Å². The molecule has 18 heavy (non-hydrogen) atoms. The maximum Gasteiger partial charge on any atom is 0.251 e. The van der Waals surface area contributed by atoms with Crippen molar-refractivity contribution < 1.29 is 19.2 Å². The first-order valence-electron chi connectivity index (χ1n) is 5.74. The Morgan fingerprint density at radius 1 is 1.22 bits per heavy atom. The van der Waals surface area contributed by atoms with E-state index in [9.17, 15) is 14.1 Å². The van der Waals surface area contributed by atoms with Crippen molar-refractivity contribution in [3.8, 4) is 11.5 Å². The molecule has 1 amide bonds. The third-order valence-electron chi connectivity index (χ3n) is 2.96. The molecular formula is C12H15NO4S. The number of carbonyl (C=O) groups is 1. The van der Waals surface area contributed by atoms with Crippen molar-refractivity contribution in [3.63, 3.8) is 0 Å². The lowest BCUT2D eigenvalue weighted by Crippen LogP contribution is -2.39. The van der Waals surface area contributed by atoms with Gasteiger partial charge in [0.1, 0.15) is 0 Å². The van der Waals surface area contributed by atoms with Gasteiger partial charge in [-0.1, -0.05) is 0 Å². The van der Waals surface area contributed by atoms with Crippen LogP contribution in [-0.4, -0.2) is 37.9 Å². The van der Waals surface area contributed by atoms with E-state index < -0.39 is 10.8 Å². The van der Waals surface area contributed by atoms with Gasteiger partial charge in [-0.3, -0.25) is 9.00 Å². The predicted octanol–water partition coefficient (Wildman–Crippen LogP) is 0.739. The zero-order valence-electron chi connectivity index (χ0n) is 9.76. The van der Waals surface area contributed by atoms with E-state index in [4.69, 9.17) is 5.11 Å². The number of phenolic OH excluding ortho intramolecular Hbond substituents is 2. The predicted molar refractivity (Wildman–Crippen MR) is 68.1 cm³/mol. The molecule has 0 bridgehead atoms. The van der Waals surface area contributed by atoms with E-state index >= 15 is 0 Å². The van der Waals surface area contributed by atoms with Gasteiger partial charge in [0.15, 0.2) is 11.5 Å². The van der Waals surface area contributed by atoms with Crippen LogP contribution in [0.4, 0.5) is 0 Å². The molecule has 0 saturated carbocycles. The van der Waals surface area contributed by atoms with Crippen molar-refractivity contribution in [1.29, 1.82) is 0 Å². The van der Waals surface area contributed by atoms with Crippen molar-refractivity contribution in [3.05, 3.63) is 23.8 Å². The molecular weight excluding hydrogens is 254 g/mol. The Bertz CT molecular complexity index is 479. The molecule has 0 radical (unpaired) electrons. The Morgan fingerprint density at radius 3 is 2.50 bits per heavy atom. The number of hydrogen-bond acceptors (Lipinski definition) is 4. The number of benzene rings is 1. The first kappa shape index (κ1) is 12.9. The second-order valence-electron chi connectivity index (χ2n) is 4.30. The standard InChI is InChI=1S/C12H15NO4S/c14-10-2-1-8(7-11(10)15)12(16)13-9-3-5-18(17)6-4-9/h1-2,7,9,14-15H,3-6H2,(H,13,16). The largest absolute Gasteiger partial charge is 0.504 e. The van der Waals surface area contributed by atoms with Crippen LogP contribution in [0, 0.1) is 0 Å². The van der Waals surface area contributed by atoms with Gasteiger partial charge in [-0.15, -0.1) is 0 Å². The molecule has 0 unspecified atom stereocenters. The van der Waals surface area contributed by atoms with Crippen LogP contribution in [-0.2, 0) is 10.8 Å². The fourth-order valence-corrected chi connectivity index (χ4v) is 3.17. The molecule has 5 nitrogen and oxygen atoms in total. The molecule has 0 aliphatic carbocycles. The molecule has 0 aromatic heterocycles. The number of aromatic hydroxyl groups is 2. The summed E-state index contributed by atoms with van der Waals surface area (Å²) in [4.78, 5) is 11.9. The summed E-state index contributed by atoms with van der Waals surface area (Å²) in [6.07, 6.45) is 1.42. The van der Waals surface area contributed by atoms with Gasteiger partial charge >= 0.3 is 0 Å². The van der Waals surface area contributed by atoms with Gasteiger partial charge in [-0.25, -0.2) is 0 Å². The summed E-state index contributed by atoms with van der Waals surface area (Å²) in [5.74, 6) is 0.382. The monoisotopic (exact) mass is 269 g/mol. The summed E-state index contributed by atoms with van der Waals surface area (Å²) in [5, 5.41) is 21.3. The molecule has 0 spiro atoms. The Hall–Kier alpha value is -1.56. The van der Waals surface area contributed by atoms with Crippen LogP contribution in [0.3, 0.4) is 0 Å². The molecule has 1 fully saturated rings. The number of carbonyl (C=O) groups excluding carboxylic acids is 1. The molecule has 1 saturated heterocycles. The summed E-state index contributed by atoms with van der Waals surface area (Å²) in [5.41, 5.74) is 0.303. The highest BCUT2D eigenvalue weighted by Crippen LogP contribution is 2.24. The summed E-state index contributed by atoms with van der Waals surface area (Å²) < 4.78 is 11.2. The van der Waals surface area contributed by atoms with E-state index in [1.807, 2.05) is 0 Å². The zero-order valence-corrected chi connectivity index (χ0v) is 10.6. The number of phenols is 2. The Morgan fingerprint density at radius 2 is 1.89 bits per heavy atom. The normalized spacial score (nSPS) is 23.6. The molecule has 1 aliphatic heterocycles. The third kappa shape index (κ3) is 3.01. The zero-order chi connectivity index (χ0) is 13.1. The van der Waals surface area contributed by atoms with Crippen LogP contribution >= 0.6 is 0 Å². The third-order valence-corrected chi connectivity index (χ3v) is 4.34. The number of amides is 1. The first-order chi connectivity index (χ1) is 8.56. The Kier molecular flexibility index (Phi) is 3.86. The summed E-state index contributed by atoms with van der Waals surface area (Å²) in [6, 6.07) is 3.99. The Labute approximate surface area is 107 Å². The van der Waals surface area contributed by atoms with Crippen molar-refractivity contribution in [2.45, 2.75) is 18.9 Å². The molecule has 98 valence electrons. The van der Waals surface area contributed by atoms with Crippen LogP contribution in [0.15, 0.2) is 18.2 Å².